The zero-order valence-electron chi connectivity index (χ0n) is 15.8. The van der Waals surface area contributed by atoms with Crippen LogP contribution in [-0.2, 0) is 6.18 Å². The number of rotatable bonds is 4. The molecule has 0 heterocycles. The molecule has 0 aliphatic heterocycles. The fourth-order valence-electron chi connectivity index (χ4n) is 2.92. The summed E-state index contributed by atoms with van der Waals surface area (Å²) in [5, 5.41) is 2.76. The molecule has 29 heavy (non-hydrogen) atoms. The topological polar surface area (TPSA) is 46.2 Å². The molecule has 0 saturated heterocycles. The Labute approximate surface area is 166 Å². The van der Waals surface area contributed by atoms with Gasteiger partial charge in [-0.1, -0.05) is 29.8 Å². The molecule has 3 aromatic rings. The van der Waals surface area contributed by atoms with Crippen LogP contribution in [0.4, 0.5) is 18.9 Å². The highest BCUT2D eigenvalue weighted by atomic mass is 19.4. The van der Waals surface area contributed by atoms with Crippen LogP contribution >= 0.6 is 0 Å². The van der Waals surface area contributed by atoms with Gasteiger partial charge in [0, 0.05) is 16.8 Å². The smallest absolute Gasteiger partial charge is 0.322 e. The van der Waals surface area contributed by atoms with Crippen molar-refractivity contribution in [1.29, 1.82) is 0 Å². The minimum Gasteiger partial charge on any atom is -0.322 e. The Balaban J connectivity index is 1.92. The lowest BCUT2D eigenvalue weighted by molar-refractivity contribution is -0.137. The number of halogens is 3. The van der Waals surface area contributed by atoms with Crippen LogP contribution in [-0.4, -0.2) is 11.7 Å². The number of hydrogen-bond donors (Lipinski definition) is 1. The molecule has 3 nitrogen and oxygen atoms in total. The highest BCUT2D eigenvalue weighted by molar-refractivity contribution is 6.09. The molecule has 0 fully saturated rings. The second-order valence-corrected chi connectivity index (χ2v) is 6.71. The molecular formula is C23H18F3NO2. The second kappa shape index (κ2) is 7.91. The van der Waals surface area contributed by atoms with Crippen molar-refractivity contribution in [3.8, 4) is 11.1 Å². The third-order valence-electron chi connectivity index (χ3n) is 4.49. The quantitative estimate of drug-likeness (QED) is 0.538. The van der Waals surface area contributed by atoms with Crippen molar-refractivity contribution in [3.05, 3.63) is 89.0 Å². The van der Waals surface area contributed by atoms with Gasteiger partial charge >= 0.3 is 6.18 Å². The van der Waals surface area contributed by atoms with Gasteiger partial charge < -0.3 is 5.32 Å². The molecule has 0 atom stereocenters. The van der Waals surface area contributed by atoms with Crippen LogP contribution in [0, 0.1) is 6.92 Å². The molecule has 3 aromatic carbocycles. The highest BCUT2D eigenvalue weighted by Gasteiger charge is 2.30. The lowest BCUT2D eigenvalue weighted by Crippen LogP contribution is -2.13. The molecule has 0 aliphatic carbocycles. The maximum absolute atomic E-state index is 12.8. The van der Waals surface area contributed by atoms with Crippen molar-refractivity contribution in [3.63, 3.8) is 0 Å². The molecule has 6 heteroatoms. The number of carbonyl (C=O) groups excluding carboxylic acids is 2. The molecule has 0 bridgehead atoms. The SMILES string of the molecule is CC(=O)c1ccc(NC(=O)c2ccc(C)cc2-c2ccc(C(F)(F)F)cc2)cc1. The van der Waals surface area contributed by atoms with Gasteiger partial charge in [-0.2, -0.15) is 13.2 Å². The van der Waals surface area contributed by atoms with E-state index in [9.17, 15) is 22.8 Å². The van der Waals surface area contributed by atoms with Crippen LogP contribution in [0.25, 0.3) is 11.1 Å². The van der Waals surface area contributed by atoms with E-state index in [2.05, 4.69) is 5.32 Å². The van der Waals surface area contributed by atoms with Crippen molar-refractivity contribution < 1.29 is 22.8 Å². The van der Waals surface area contributed by atoms with E-state index in [1.54, 1.807) is 42.5 Å². The number of aryl methyl sites for hydroxylation is 1. The van der Waals surface area contributed by atoms with Gasteiger partial charge in [-0.25, -0.2) is 0 Å². The molecule has 0 spiro atoms. The summed E-state index contributed by atoms with van der Waals surface area (Å²) in [7, 11) is 0. The van der Waals surface area contributed by atoms with E-state index in [0.29, 0.717) is 27.9 Å². The summed E-state index contributed by atoms with van der Waals surface area (Å²) >= 11 is 0. The molecule has 0 aliphatic rings. The van der Waals surface area contributed by atoms with Crippen LogP contribution in [0.15, 0.2) is 66.7 Å². The fourth-order valence-corrected chi connectivity index (χ4v) is 2.92. The number of anilines is 1. The molecule has 0 unspecified atom stereocenters. The van der Waals surface area contributed by atoms with Crippen LogP contribution < -0.4 is 5.32 Å². The van der Waals surface area contributed by atoms with E-state index in [1.165, 1.54) is 19.1 Å². The summed E-state index contributed by atoms with van der Waals surface area (Å²) in [4.78, 5) is 24.2. The number of amides is 1. The summed E-state index contributed by atoms with van der Waals surface area (Å²) in [6.45, 7) is 3.30. The number of ketones is 1. The molecule has 148 valence electrons. The first-order valence-corrected chi connectivity index (χ1v) is 8.86. The van der Waals surface area contributed by atoms with Gasteiger partial charge in [0.1, 0.15) is 0 Å². The van der Waals surface area contributed by atoms with E-state index in [1.807, 2.05) is 6.92 Å². The summed E-state index contributed by atoms with van der Waals surface area (Å²) < 4.78 is 38.5. The minimum atomic E-state index is -4.42. The Bertz CT molecular complexity index is 1050. The number of carbonyl (C=O) groups is 2. The first-order valence-electron chi connectivity index (χ1n) is 8.86. The first-order chi connectivity index (χ1) is 13.6. The van der Waals surface area contributed by atoms with Gasteiger partial charge in [-0.15, -0.1) is 0 Å². The molecule has 0 aromatic heterocycles. The Morgan fingerprint density at radius 2 is 1.48 bits per heavy atom. The Morgan fingerprint density at radius 3 is 2.03 bits per heavy atom. The van der Waals surface area contributed by atoms with Crippen molar-refractivity contribution in [2.45, 2.75) is 20.0 Å². The molecule has 1 N–H and O–H groups in total. The van der Waals surface area contributed by atoms with E-state index in [-0.39, 0.29) is 5.78 Å². The second-order valence-electron chi connectivity index (χ2n) is 6.71. The highest BCUT2D eigenvalue weighted by Crippen LogP contribution is 2.32. The molecular weight excluding hydrogens is 379 g/mol. The summed E-state index contributed by atoms with van der Waals surface area (Å²) in [5.41, 5.74) is 2.57. The zero-order chi connectivity index (χ0) is 21.2. The number of benzene rings is 3. The maximum atomic E-state index is 12.8. The Morgan fingerprint density at radius 1 is 0.862 bits per heavy atom. The van der Waals surface area contributed by atoms with Gasteiger partial charge in [0.05, 0.1) is 5.56 Å². The summed E-state index contributed by atoms with van der Waals surface area (Å²) in [6, 6.07) is 16.4. The lowest BCUT2D eigenvalue weighted by atomic mass is 9.96. The Kier molecular flexibility index (Phi) is 5.55. The van der Waals surface area contributed by atoms with Crippen LogP contribution in [0.3, 0.4) is 0 Å². The third kappa shape index (κ3) is 4.71. The largest absolute Gasteiger partial charge is 0.416 e. The van der Waals surface area contributed by atoms with Crippen LogP contribution in [0.5, 0.6) is 0 Å². The zero-order valence-corrected chi connectivity index (χ0v) is 15.8. The predicted molar refractivity (Wildman–Crippen MR) is 106 cm³/mol. The van der Waals surface area contributed by atoms with Crippen molar-refractivity contribution in [2.75, 3.05) is 5.32 Å². The predicted octanol–water partition coefficient (Wildman–Crippen LogP) is 6.14. The summed E-state index contributed by atoms with van der Waals surface area (Å²) in [6.07, 6.45) is -4.42. The average molecular weight is 397 g/mol. The lowest BCUT2D eigenvalue weighted by Gasteiger charge is -2.13. The van der Waals surface area contributed by atoms with E-state index in [4.69, 9.17) is 0 Å². The van der Waals surface area contributed by atoms with E-state index in [0.717, 1.165) is 17.7 Å². The van der Waals surface area contributed by atoms with Crippen molar-refractivity contribution in [2.24, 2.45) is 0 Å². The number of alkyl halides is 3. The standard InChI is InChI=1S/C23H18F3NO2/c1-14-3-12-20(22(29)27-19-10-6-16(7-11-19)15(2)28)21(13-14)17-4-8-18(9-5-17)23(24,25)26/h3-13H,1-2H3,(H,27,29). The molecule has 1 amide bonds. The van der Waals surface area contributed by atoms with Gasteiger partial charge in [0.2, 0.25) is 0 Å². The number of hydrogen-bond acceptors (Lipinski definition) is 2. The third-order valence-corrected chi connectivity index (χ3v) is 4.49. The average Bonchev–Trinajstić information content (AvgIpc) is 2.67. The normalized spacial score (nSPS) is 11.2. The molecule has 3 rings (SSSR count). The van der Waals surface area contributed by atoms with E-state index >= 15 is 0 Å². The first kappa shape index (κ1) is 20.3. The molecule has 0 radical (unpaired) electrons. The molecule has 0 saturated carbocycles. The van der Waals surface area contributed by atoms with Gasteiger partial charge in [0.25, 0.3) is 5.91 Å². The maximum Gasteiger partial charge on any atom is 0.416 e. The van der Waals surface area contributed by atoms with Gasteiger partial charge in [-0.05, 0) is 67.4 Å². The van der Waals surface area contributed by atoms with Crippen molar-refractivity contribution >= 4 is 17.4 Å². The van der Waals surface area contributed by atoms with Gasteiger partial charge in [0.15, 0.2) is 5.78 Å². The van der Waals surface area contributed by atoms with Crippen LogP contribution in [0.1, 0.15) is 38.8 Å². The minimum absolute atomic E-state index is 0.0778. The fraction of sp³-hybridized carbons (Fsp3) is 0.130. The van der Waals surface area contributed by atoms with Crippen LogP contribution in [0.2, 0.25) is 0 Å². The van der Waals surface area contributed by atoms with Gasteiger partial charge in [-0.3, -0.25) is 9.59 Å². The monoisotopic (exact) mass is 397 g/mol. The Hall–Kier alpha value is -3.41. The number of Topliss-reactive ketones (excluding diaryl/α,β-unsaturated/α-hetero) is 1. The van der Waals surface area contributed by atoms with Crippen molar-refractivity contribution in [1.82, 2.24) is 0 Å². The number of nitrogens with one attached hydrogen (secondary N) is 1. The van der Waals surface area contributed by atoms with E-state index < -0.39 is 17.6 Å². The summed E-state index contributed by atoms with van der Waals surface area (Å²) in [5.74, 6) is -0.471.